The van der Waals surface area contributed by atoms with Gasteiger partial charge >= 0.3 is 0 Å². The molecule has 1 aliphatic carbocycles. The van der Waals surface area contributed by atoms with Gasteiger partial charge in [0.15, 0.2) is 5.79 Å². The van der Waals surface area contributed by atoms with Crippen molar-refractivity contribution < 1.29 is 9.47 Å². The molecule has 1 saturated carbocycles. The van der Waals surface area contributed by atoms with Gasteiger partial charge in [-0.1, -0.05) is 0 Å². The Morgan fingerprint density at radius 3 is 2.21 bits per heavy atom. The van der Waals surface area contributed by atoms with Gasteiger partial charge in [-0.25, -0.2) is 0 Å². The molecule has 0 aromatic carbocycles. The van der Waals surface area contributed by atoms with Gasteiger partial charge in [-0.15, -0.1) is 12.4 Å². The van der Waals surface area contributed by atoms with E-state index in [0.717, 1.165) is 44.9 Å². The number of hydrogen-bond donors (Lipinski definition) is 1. The molecule has 14 heavy (non-hydrogen) atoms. The fraction of sp³-hybridized carbons (Fsp3) is 1.00. The van der Waals surface area contributed by atoms with Crippen LogP contribution >= 0.6 is 12.4 Å². The van der Waals surface area contributed by atoms with Crippen LogP contribution in [0, 0.1) is 5.92 Å². The van der Waals surface area contributed by atoms with E-state index in [2.05, 4.69) is 0 Å². The van der Waals surface area contributed by atoms with Crippen LogP contribution in [0.4, 0.5) is 0 Å². The molecule has 2 rings (SSSR count). The molecule has 0 amide bonds. The highest BCUT2D eigenvalue weighted by Gasteiger charge is 2.39. The third kappa shape index (κ3) is 2.60. The van der Waals surface area contributed by atoms with E-state index in [9.17, 15) is 0 Å². The standard InChI is InChI=1S/C10H19NO2.ClH/c11-6-3-9-1-4-10(5-2-9)12-7-8-13-10;/h9H,1-8,11H2;1H. The number of nitrogens with two attached hydrogens (primary N) is 1. The van der Waals surface area contributed by atoms with Crippen LogP contribution in [0.5, 0.6) is 0 Å². The van der Waals surface area contributed by atoms with Crippen molar-refractivity contribution in [3.8, 4) is 0 Å². The lowest BCUT2D eigenvalue weighted by Gasteiger charge is -2.35. The molecule has 0 aromatic heterocycles. The summed E-state index contributed by atoms with van der Waals surface area (Å²) in [4.78, 5) is 0. The van der Waals surface area contributed by atoms with Gasteiger partial charge < -0.3 is 15.2 Å². The predicted molar refractivity (Wildman–Crippen MR) is 57.5 cm³/mol. The Morgan fingerprint density at radius 1 is 1.14 bits per heavy atom. The first-order valence-corrected chi connectivity index (χ1v) is 5.33. The molecule has 84 valence electrons. The van der Waals surface area contributed by atoms with Crippen molar-refractivity contribution >= 4 is 12.4 Å². The Hall–Kier alpha value is 0.170. The summed E-state index contributed by atoms with van der Waals surface area (Å²) in [7, 11) is 0. The minimum Gasteiger partial charge on any atom is -0.348 e. The monoisotopic (exact) mass is 221 g/mol. The summed E-state index contributed by atoms with van der Waals surface area (Å²) in [5, 5.41) is 0. The molecule has 2 aliphatic rings. The topological polar surface area (TPSA) is 44.5 Å². The number of ether oxygens (including phenoxy) is 2. The van der Waals surface area contributed by atoms with Crippen molar-refractivity contribution in [3.63, 3.8) is 0 Å². The molecular weight excluding hydrogens is 202 g/mol. The second-order valence-corrected chi connectivity index (χ2v) is 4.13. The first-order chi connectivity index (χ1) is 6.35. The minimum atomic E-state index is -0.189. The van der Waals surface area contributed by atoms with Gasteiger partial charge in [-0.05, 0) is 31.7 Å². The average molecular weight is 222 g/mol. The molecule has 0 aromatic rings. The van der Waals surface area contributed by atoms with Crippen LogP contribution in [-0.2, 0) is 9.47 Å². The summed E-state index contributed by atoms with van der Waals surface area (Å²) in [6, 6.07) is 0. The normalized spacial score (nSPS) is 26.4. The lowest BCUT2D eigenvalue weighted by Crippen LogP contribution is -2.35. The number of halogens is 1. The SMILES string of the molecule is Cl.NCCC1CCC2(CC1)OCCO2. The van der Waals surface area contributed by atoms with Crippen LogP contribution in [0.2, 0.25) is 0 Å². The zero-order valence-corrected chi connectivity index (χ0v) is 9.35. The Balaban J connectivity index is 0.000000980. The third-order valence-electron chi connectivity index (χ3n) is 3.26. The lowest BCUT2D eigenvalue weighted by molar-refractivity contribution is -0.182. The minimum absolute atomic E-state index is 0. The first-order valence-electron chi connectivity index (χ1n) is 5.33. The molecule has 1 spiro atoms. The highest BCUT2D eigenvalue weighted by Crippen LogP contribution is 2.38. The van der Waals surface area contributed by atoms with E-state index in [-0.39, 0.29) is 18.2 Å². The van der Waals surface area contributed by atoms with Crippen LogP contribution in [0.15, 0.2) is 0 Å². The van der Waals surface area contributed by atoms with Crippen LogP contribution in [-0.4, -0.2) is 25.5 Å². The van der Waals surface area contributed by atoms with Crippen LogP contribution in [0.3, 0.4) is 0 Å². The number of rotatable bonds is 2. The van der Waals surface area contributed by atoms with E-state index in [1.165, 1.54) is 12.8 Å². The second kappa shape index (κ2) is 5.31. The van der Waals surface area contributed by atoms with E-state index in [0.29, 0.717) is 0 Å². The summed E-state index contributed by atoms with van der Waals surface area (Å²) in [5.41, 5.74) is 5.54. The molecule has 3 nitrogen and oxygen atoms in total. The van der Waals surface area contributed by atoms with E-state index in [4.69, 9.17) is 15.2 Å². The van der Waals surface area contributed by atoms with Gasteiger partial charge in [0.1, 0.15) is 0 Å². The van der Waals surface area contributed by atoms with Gasteiger partial charge in [0.25, 0.3) is 0 Å². The molecule has 0 unspecified atom stereocenters. The van der Waals surface area contributed by atoms with E-state index >= 15 is 0 Å². The molecule has 0 atom stereocenters. The molecule has 1 aliphatic heterocycles. The maximum atomic E-state index is 5.65. The lowest BCUT2D eigenvalue weighted by atomic mass is 9.83. The van der Waals surface area contributed by atoms with Gasteiger partial charge in [0.05, 0.1) is 13.2 Å². The quantitative estimate of drug-likeness (QED) is 0.772. The highest BCUT2D eigenvalue weighted by atomic mass is 35.5. The fourth-order valence-corrected chi connectivity index (χ4v) is 2.43. The molecular formula is C10H20ClNO2. The molecule has 0 radical (unpaired) electrons. The van der Waals surface area contributed by atoms with Crippen molar-refractivity contribution in [2.45, 2.75) is 37.9 Å². The maximum absolute atomic E-state index is 5.65. The molecule has 1 heterocycles. The molecule has 0 bridgehead atoms. The molecule has 1 saturated heterocycles. The molecule has 2 N–H and O–H groups in total. The van der Waals surface area contributed by atoms with Crippen LogP contribution < -0.4 is 5.73 Å². The van der Waals surface area contributed by atoms with Gasteiger partial charge in [-0.3, -0.25) is 0 Å². The third-order valence-corrected chi connectivity index (χ3v) is 3.26. The second-order valence-electron chi connectivity index (χ2n) is 4.13. The first kappa shape index (κ1) is 12.2. The van der Waals surface area contributed by atoms with Crippen molar-refractivity contribution in [3.05, 3.63) is 0 Å². The van der Waals surface area contributed by atoms with Crippen LogP contribution in [0.1, 0.15) is 32.1 Å². The predicted octanol–water partition coefficient (Wildman–Crippen LogP) is 1.69. The summed E-state index contributed by atoms with van der Waals surface area (Å²) in [5.74, 6) is 0.619. The average Bonchev–Trinajstić information content (AvgIpc) is 2.59. The van der Waals surface area contributed by atoms with Crippen LogP contribution in [0.25, 0.3) is 0 Å². The Morgan fingerprint density at radius 2 is 1.71 bits per heavy atom. The van der Waals surface area contributed by atoms with Crippen molar-refractivity contribution in [1.29, 1.82) is 0 Å². The summed E-state index contributed by atoms with van der Waals surface area (Å²) in [6.07, 6.45) is 5.74. The Bertz CT molecular complexity index is 162. The van der Waals surface area contributed by atoms with Gasteiger partial charge in [-0.2, -0.15) is 0 Å². The van der Waals surface area contributed by atoms with Crippen molar-refractivity contribution in [1.82, 2.24) is 0 Å². The summed E-state index contributed by atoms with van der Waals surface area (Å²) in [6.45, 7) is 2.38. The van der Waals surface area contributed by atoms with Crippen molar-refractivity contribution in [2.75, 3.05) is 19.8 Å². The molecule has 2 fully saturated rings. The number of hydrogen-bond acceptors (Lipinski definition) is 3. The van der Waals surface area contributed by atoms with Crippen molar-refractivity contribution in [2.24, 2.45) is 11.7 Å². The summed E-state index contributed by atoms with van der Waals surface area (Å²) < 4.78 is 11.3. The zero-order chi connectivity index (χ0) is 9.15. The smallest absolute Gasteiger partial charge is 0.168 e. The summed E-state index contributed by atoms with van der Waals surface area (Å²) >= 11 is 0. The zero-order valence-electron chi connectivity index (χ0n) is 8.54. The van der Waals surface area contributed by atoms with E-state index in [1.54, 1.807) is 0 Å². The highest BCUT2D eigenvalue weighted by molar-refractivity contribution is 5.85. The van der Waals surface area contributed by atoms with E-state index < -0.39 is 0 Å². The fourth-order valence-electron chi connectivity index (χ4n) is 2.43. The molecule has 4 heteroatoms. The maximum Gasteiger partial charge on any atom is 0.168 e. The van der Waals surface area contributed by atoms with E-state index in [1.807, 2.05) is 0 Å². The largest absolute Gasteiger partial charge is 0.348 e. The Kier molecular flexibility index (Phi) is 4.64. The Labute approximate surface area is 91.7 Å². The van der Waals surface area contributed by atoms with Gasteiger partial charge in [0.2, 0.25) is 0 Å². The van der Waals surface area contributed by atoms with Gasteiger partial charge in [0, 0.05) is 12.8 Å².